The standard InChI is InChI=1S/C20H21BrN4OS/c1-13-19(21)14(2)25(24-13)12-15-7-6-8-16(11-15)22-20(27)23-17-9-4-5-10-18(17)26-3/h4-11H,12H2,1-3H3,(H2,22,23,27). The summed E-state index contributed by atoms with van der Waals surface area (Å²) in [5.41, 5.74) is 4.98. The molecule has 0 unspecified atom stereocenters. The second-order valence-electron chi connectivity index (χ2n) is 6.12. The predicted molar refractivity (Wildman–Crippen MR) is 118 cm³/mol. The summed E-state index contributed by atoms with van der Waals surface area (Å²) < 4.78 is 8.39. The lowest BCUT2D eigenvalue weighted by Crippen LogP contribution is -2.19. The summed E-state index contributed by atoms with van der Waals surface area (Å²) in [6.45, 7) is 4.74. The van der Waals surface area contributed by atoms with Gasteiger partial charge in [0.2, 0.25) is 0 Å². The number of anilines is 2. The van der Waals surface area contributed by atoms with Crippen LogP contribution >= 0.6 is 28.1 Å². The average Bonchev–Trinajstić information content (AvgIpc) is 2.89. The van der Waals surface area contributed by atoms with Gasteiger partial charge in [-0.3, -0.25) is 4.68 Å². The van der Waals surface area contributed by atoms with E-state index in [0.717, 1.165) is 38.5 Å². The van der Waals surface area contributed by atoms with Crippen molar-refractivity contribution < 1.29 is 4.74 Å². The molecule has 0 spiro atoms. The van der Waals surface area contributed by atoms with E-state index >= 15 is 0 Å². The fraction of sp³-hybridized carbons (Fsp3) is 0.200. The van der Waals surface area contributed by atoms with E-state index in [9.17, 15) is 0 Å². The van der Waals surface area contributed by atoms with Crippen LogP contribution in [0.25, 0.3) is 0 Å². The van der Waals surface area contributed by atoms with Crippen molar-refractivity contribution >= 4 is 44.6 Å². The van der Waals surface area contributed by atoms with Crippen molar-refractivity contribution in [1.82, 2.24) is 9.78 Å². The summed E-state index contributed by atoms with van der Waals surface area (Å²) in [4.78, 5) is 0. The van der Waals surface area contributed by atoms with Crippen LogP contribution in [0.1, 0.15) is 17.0 Å². The molecule has 0 bridgehead atoms. The molecule has 1 heterocycles. The van der Waals surface area contributed by atoms with E-state index in [0.29, 0.717) is 11.7 Å². The lowest BCUT2D eigenvalue weighted by molar-refractivity contribution is 0.417. The van der Waals surface area contributed by atoms with Gasteiger partial charge < -0.3 is 15.4 Å². The molecule has 3 rings (SSSR count). The Morgan fingerprint density at radius 2 is 1.93 bits per heavy atom. The maximum atomic E-state index is 5.44. The molecule has 0 fully saturated rings. The molecule has 0 aliphatic rings. The molecule has 0 saturated carbocycles. The first-order valence-corrected chi connectivity index (χ1v) is 9.67. The second kappa shape index (κ2) is 8.54. The fourth-order valence-electron chi connectivity index (χ4n) is 2.78. The summed E-state index contributed by atoms with van der Waals surface area (Å²) in [5, 5.41) is 11.5. The molecule has 0 radical (unpaired) electrons. The van der Waals surface area contributed by atoms with Crippen molar-refractivity contribution in [2.75, 3.05) is 17.7 Å². The number of benzene rings is 2. The molecular weight excluding hydrogens is 424 g/mol. The molecule has 0 atom stereocenters. The number of halogens is 1. The highest BCUT2D eigenvalue weighted by molar-refractivity contribution is 9.10. The highest BCUT2D eigenvalue weighted by atomic mass is 79.9. The van der Waals surface area contributed by atoms with Gasteiger partial charge in [-0.1, -0.05) is 24.3 Å². The van der Waals surface area contributed by atoms with E-state index in [4.69, 9.17) is 17.0 Å². The minimum atomic E-state index is 0.505. The SMILES string of the molecule is COc1ccccc1NC(=S)Nc1cccc(Cn2nc(C)c(Br)c2C)c1. The normalized spacial score (nSPS) is 10.5. The van der Waals surface area contributed by atoms with Crippen molar-refractivity contribution in [2.24, 2.45) is 0 Å². The lowest BCUT2D eigenvalue weighted by atomic mass is 10.2. The number of rotatable bonds is 5. The van der Waals surface area contributed by atoms with Crippen molar-refractivity contribution in [2.45, 2.75) is 20.4 Å². The first-order valence-electron chi connectivity index (χ1n) is 8.47. The molecule has 0 aliphatic heterocycles. The van der Waals surface area contributed by atoms with E-state index < -0.39 is 0 Å². The van der Waals surface area contributed by atoms with E-state index in [1.165, 1.54) is 0 Å². The van der Waals surface area contributed by atoms with Crippen LogP contribution in [0.5, 0.6) is 5.75 Å². The predicted octanol–water partition coefficient (Wildman–Crippen LogP) is 5.13. The van der Waals surface area contributed by atoms with Gasteiger partial charge in [-0.25, -0.2) is 0 Å². The lowest BCUT2D eigenvalue weighted by Gasteiger charge is -2.14. The van der Waals surface area contributed by atoms with Gasteiger partial charge in [0, 0.05) is 5.69 Å². The molecule has 0 saturated heterocycles. The van der Waals surface area contributed by atoms with Gasteiger partial charge >= 0.3 is 0 Å². The minimum Gasteiger partial charge on any atom is -0.495 e. The highest BCUT2D eigenvalue weighted by Gasteiger charge is 2.09. The zero-order valence-corrected chi connectivity index (χ0v) is 17.8. The van der Waals surface area contributed by atoms with Gasteiger partial charge in [0.25, 0.3) is 0 Å². The quantitative estimate of drug-likeness (QED) is 0.534. The number of aromatic nitrogens is 2. The Morgan fingerprint density at radius 3 is 2.63 bits per heavy atom. The number of aryl methyl sites for hydroxylation is 1. The first-order chi connectivity index (χ1) is 13.0. The van der Waals surface area contributed by atoms with Gasteiger partial charge in [0.05, 0.1) is 35.2 Å². The molecule has 140 valence electrons. The maximum Gasteiger partial charge on any atom is 0.175 e. The molecule has 27 heavy (non-hydrogen) atoms. The third-order valence-corrected chi connectivity index (χ3v) is 5.52. The smallest absolute Gasteiger partial charge is 0.175 e. The molecule has 5 nitrogen and oxygen atoms in total. The van der Waals surface area contributed by atoms with Crippen molar-refractivity contribution in [1.29, 1.82) is 0 Å². The number of hydrogen-bond donors (Lipinski definition) is 2. The van der Waals surface area contributed by atoms with E-state index in [2.05, 4.69) is 50.7 Å². The van der Waals surface area contributed by atoms with Crippen LogP contribution in [0, 0.1) is 13.8 Å². The molecule has 0 amide bonds. The summed E-state index contributed by atoms with van der Waals surface area (Å²) >= 11 is 9.01. The Balaban J connectivity index is 1.70. The Hall–Kier alpha value is -2.38. The number of hydrogen-bond acceptors (Lipinski definition) is 3. The molecular formula is C20H21BrN4OS. The minimum absolute atomic E-state index is 0.505. The molecule has 7 heteroatoms. The van der Waals surface area contributed by atoms with Gasteiger partial charge in [0.15, 0.2) is 5.11 Å². The summed E-state index contributed by atoms with van der Waals surface area (Å²) in [6.07, 6.45) is 0. The van der Waals surface area contributed by atoms with E-state index in [1.54, 1.807) is 7.11 Å². The molecule has 3 aromatic rings. The van der Waals surface area contributed by atoms with Crippen LogP contribution in [-0.4, -0.2) is 22.0 Å². The van der Waals surface area contributed by atoms with Crippen molar-refractivity contribution in [3.05, 3.63) is 70.0 Å². The van der Waals surface area contributed by atoms with Crippen LogP contribution in [0.2, 0.25) is 0 Å². The molecule has 2 aromatic carbocycles. The van der Waals surface area contributed by atoms with Crippen molar-refractivity contribution in [3.63, 3.8) is 0 Å². The summed E-state index contributed by atoms with van der Waals surface area (Å²) in [5.74, 6) is 0.741. The Kier molecular flexibility index (Phi) is 6.13. The maximum absolute atomic E-state index is 5.44. The van der Waals surface area contributed by atoms with Crippen LogP contribution in [0.4, 0.5) is 11.4 Å². The average molecular weight is 445 g/mol. The number of nitrogens with one attached hydrogen (secondary N) is 2. The number of thiocarbonyl (C=S) groups is 1. The summed E-state index contributed by atoms with van der Waals surface area (Å²) in [6, 6.07) is 15.8. The number of methoxy groups -OCH3 is 1. The number of nitrogens with zero attached hydrogens (tertiary/aromatic N) is 2. The van der Waals surface area contributed by atoms with E-state index in [1.807, 2.05) is 48.0 Å². The zero-order chi connectivity index (χ0) is 19.4. The van der Waals surface area contributed by atoms with Gasteiger partial charge in [0.1, 0.15) is 5.75 Å². The molecule has 2 N–H and O–H groups in total. The van der Waals surface area contributed by atoms with Crippen LogP contribution in [-0.2, 0) is 6.54 Å². The molecule has 1 aromatic heterocycles. The zero-order valence-electron chi connectivity index (χ0n) is 15.4. The largest absolute Gasteiger partial charge is 0.495 e. The first kappa shape index (κ1) is 19.4. The third kappa shape index (κ3) is 4.67. The van der Waals surface area contributed by atoms with Crippen LogP contribution < -0.4 is 15.4 Å². The Labute approximate surface area is 172 Å². The Bertz CT molecular complexity index is 970. The monoisotopic (exact) mass is 444 g/mol. The second-order valence-corrected chi connectivity index (χ2v) is 7.32. The highest BCUT2D eigenvalue weighted by Crippen LogP contribution is 2.24. The third-order valence-electron chi connectivity index (χ3n) is 4.17. The van der Waals surface area contributed by atoms with Crippen molar-refractivity contribution in [3.8, 4) is 5.75 Å². The number of para-hydroxylation sites is 2. The van der Waals surface area contributed by atoms with Gasteiger partial charge in [-0.15, -0.1) is 0 Å². The Morgan fingerprint density at radius 1 is 1.15 bits per heavy atom. The van der Waals surface area contributed by atoms with Crippen LogP contribution in [0.3, 0.4) is 0 Å². The van der Waals surface area contributed by atoms with Gasteiger partial charge in [-0.2, -0.15) is 5.10 Å². The van der Waals surface area contributed by atoms with E-state index in [-0.39, 0.29) is 0 Å². The molecule has 0 aliphatic carbocycles. The van der Waals surface area contributed by atoms with Crippen LogP contribution in [0.15, 0.2) is 53.0 Å². The van der Waals surface area contributed by atoms with Gasteiger partial charge in [-0.05, 0) is 71.8 Å². The fourth-order valence-corrected chi connectivity index (χ4v) is 3.29. The number of ether oxygens (including phenoxy) is 1. The topological polar surface area (TPSA) is 51.1 Å². The summed E-state index contributed by atoms with van der Waals surface area (Å²) in [7, 11) is 1.64.